The van der Waals surface area contributed by atoms with Crippen LogP contribution in [0.5, 0.6) is 11.5 Å². The molecule has 3 aromatic rings. The summed E-state index contributed by atoms with van der Waals surface area (Å²) in [4.78, 5) is 37.6. The quantitative estimate of drug-likeness (QED) is 0.529. The van der Waals surface area contributed by atoms with Crippen molar-refractivity contribution < 1.29 is 33.0 Å². The molecule has 0 bridgehead atoms. The predicted octanol–water partition coefficient (Wildman–Crippen LogP) is 3.59. The Morgan fingerprint density at radius 2 is 1.84 bits per heavy atom. The number of esters is 2. The molecule has 1 heterocycles. The first kappa shape index (κ1) is 21.9. The number of carbonyl (C=O) groups is 2. The van der Waals surface area contributed by atoms with Gasteiger partial charge in [-0.25, -0.2) is 9.59 Å². The van der Waals surface area contributed by atoms with E-state index in [1.807, 2.05) is 0 Å². The van der Waals surface area contributed by atoms with Crippen LogP contribution < -0.4 is 14.9 Å². The summed E-state index contributed by atoms with van der Waals surface area (Å²) >= 11 is 0. The molecular formula is C23H22O8. The van der Waals surface area contributed by atoms with Gasteiger partial charge in [-0.05, 0) is 32.0 Å². The van der Waals surface area contributed by atoms with Crippen LogP contribution in [-0.4, -0.2) is 38.9 Å². The van der Waals surface area contributed by atoms with Crippen LogP contribution in [0.1, 0.15) is 24.4 Å². The van der Waals surface area contributed by atoms with Gasteiger partial charge in [-0.2, -0.15) is 0 Å². The summed E-state index contributed by atoms with van der Waals surface area (Å²) in [5.74, 6) is -0.904. The third-order valence-corrected chi connectivity index (χ3v) is 4.55. The second kappa shape index (κ2) is 9.34. The number of ether oxygens (including phenoxy) is 4. The molecule has 0 aliphatic heterocycles. The van der Waals surface area contributed by atoms with Gasteiger partial charge in [-0.3, -0.25) is 4.79 Å². The number of benzene rings is 2. The number of para-hydroxylation sites is 1. The first-order chi connectivity index (χ1) is 14.9. The van der Waals surface area contributed by atoms with Crippen LogP contribution in [0.25, 0.3) is 22.1 Å². The van der Waals surface area contributed by atoms with Crippen LogP contribution in [0.15, 0.2) is 51.7 Å². The van der Waals surface area contributed by atoms with Gasteiger partial charge in [0.1, 0.15) is 17.1 Å². The molecule has 0 saturated heterocycles. The predicted molar refractivity (Wildman–Crippen MR) is 113 cm³/mol. The Morgan fingerprint density at radius 3 is 2.52 bits per heavy atom. The minimum absolute atomic E-state index is 0.0417. The van der Waals surface area contributed by atoms with Gasteiger partial charge in [-0.15, -0.1) is 0 Å². The van der Waals surface area contributed by atoms with E-state index in [9.17, 15) is 14.4 Å². The molecular weight excluding hydrogens is 404 g/mol. The zero-order chi connectivity index (χ0) is 22.5. The molecule has 0 N–H and O–H groups in total. The van der Waals surface area contributed by atoms with E-state index in [2.05, 4.69) is 4.74 Å². The van der Waals surface area contributed by atoms with E-state index in [1.54, 1.807) is 31.2 Å². The summed E-state index contributed by atoms with van der Waals surface area (Å²) in [6.45, 7) is 3.28. The highest BCUT2D eigenvalue weighted by Gasteiger charge is 2.25. The van der Waals surface area contributed by atoms with Gasteiger partial charge in [0.2, 0.25) is 11.2 Å². The molecule has 0 spiro atoms. The second-order valence-corrected chi connectivity index (χ2v) is 6.50. The van der Waals surface area contributed by atoms with Crippen molar-refractivity contribution in [3.8, 4) is 22.6 Å². The van der Waals surface area contributed by atoms with Gasteiger partial charge < -0.3 is 23.4 Å². The van der Waals surface area contributed by atoms with Crippen molar-refractivity contribution in [3.63, 3.8) is 0 Å². The summed E-state index contributed by atoms with van der Waals surface area (Å²) in [5.41, 5.74) is 0.131. The topological polar surface area (TPSA) is 101 Å². The normalized spacial score (nSPS) is 11.6. The molecule has 1 unspecified atom stereocenters. The van der Waals surface area contributed by atoms with Gasteiger partial charge in [0.25, 0.3) is 0 Å². The summed E-state index contributed by atoms with van der Waals surface area (Å²) < 4.78 is 26.5. The van der Waals surface area contributed by atoms with Crippen molar-refractivity contribution >= 4 is 22.9 Å². The van der Waals surface area contributed by atoms with Crippen LogP contribution in [0.4, 0.5) is 0 Å². The minimum atomic E-state index is -0.869. The first-order valence-corrected chi connectivity index (χ1v) is 9.57. The van der Waals surface area contributed by atoms with E-state index in [0.717, 1.165) is 0 Å². The maximum Gasteiger partial charge on any atom is 0.375 e. The fourth-order valence-corrected chi connectivity index (χ4v) is 3.10. The van der Waals surface area contributed by atoms with Crippen LogP contribution in [-0.2, 0) is 14.3 Å². The monoisotopic (exact) mass is 426 g/mol. The molecule has 8 nitrogen and oxygen atoms in total. The lowest BCUT2D eigenvalue weighted by atomic mass is 10.0. The maximum atomic E-state index is 13.4. The van der Waals surface area contributed by atoms with E-state index in [-0.39, 0.29) is 34.6 Å². The number of hydrogen-bond acceptors (Lipinski definition) is 8. The Morgan fingerprint density at radius 1 is 1.10 bits per heavy atom. The smallest absolute Gasteiger partial charge is 0.375 e. The molecule has 0 aliphatic carbocycles. The lowest BCUT2D eigenvalue weighted by Gasteiger charge is -2.14. The highest BCUT2D eigenvalue weighted by Crippen LogP contribution is 2.33. The molecule has 1 atom stereocenters. The number of carbonyl (C=O) groups excluding carboxylic acids is 2. The summed E-state index contributed by atoms with van der Waals surface area (Å²) in [6, 6.07) is 11.3. The van der Waals surface area contributed by atoms with E-state index >= 15 is 0 Å². The van der Waals surface area contributed by atoms with Crippen molar-refractivity contribution in [2.24, 2.45) is 0 Å². The second-order valence-electron chi connectivity index (χ2n) is 6.50. The Bertz CT molecular complexity index is 1180. The molecule has 31 heavy (non-hydrogen) atoms. The molecule has 0 amide bonds. The molecule has 0 saturated carbocycles. The number of hydrogen-bond donors (Lipinski definition) is 0. The van der Waals surface area contributed by atoms with Gasteiger partial charge in [0.15, 0.2) is 6.10 Å². The summed E-state index contributed by atoms with van der Waals surface area (Å²) in [7, 11) is 2.73. The van der Waals surface area contributed by atoms with E-state index < -0.39 is 23.5 Å². The van der Waals surface area contributed by atoms with Crippen LogP contribution in [0.3, 0.4) is 0 Å². The highest BCUT2D eigenvalue weighted by molar-refractivity contribution is 5.98. The number of methoxy groups -OCH3 is 2. The fourth-order valence-electron chi connectivity index (χ4n) is 3.10. The molecule has 2 aromatic carbocycles. The molecule has 0 aliphatic rings. The summed E-state index contributed by atoms with van der Waals surface area (Å²) in [6.07, 6.45) is -0.869. The molecule has 162 valence electrons. The molecule has 8 heteroatoms. The van der Waals surface area contributed by atoms with Gasteiger partial charge >= 0.3 is 11.9 Å². The third-order valence-electron chi connectivity index (χ3n) is 4.55. The SMILES string of the molecule is CCOC(=O)c1oc2cc(OC(C)C(=O)OC)ccc2c(=O)c1-c1ccccc1OC. The Kier molecular flexibility index (Phi) is 6.59. The van der Waals surface area contributed by atoms with Crippen molar-refractivity contribution in [2.45, 2.75) is 20.0 Å². The standard InChI is InChI=1S/C23H22O8/c1-5-29-23(26)21-19(15-8-6-7-9-17(15)27-3)20(24)16-11-10-14(12-18(16)31-21)30-13(2)22(25)28-4/h6-13H,5H2,1-4H3. The lowest BCUT2D eigenvalue weighted by Crippen LogP contribution is -2.24. The van der Waals surface area contributed by atoms with E-state index in [0.29, 0.717) is 11.3 Å². The fraction of sp³-hybridized carbons (Fsp3) is 0.261. The van der Waals surface area contributed by atoms with E-state index in [1.165, 1.54) is 39.3 Å². The van der Waals surface area contributed by atoms with Gasteiger partial charge in [-0.1, -0.05) is 18.2 Å². The lowest BCUT2D eigenvalue weighted by molar-refractivity contribution is -0.147. The Hall–Kier alpha value is -3.81. The number of rotatable bonds is 7. The van der Waals surface area contributed by atoms with E-state index in [4.69, 9.17) is 18.6 Å². The zero-order valence-electron chi connectivity index (χ0n) is 17.6. The molecule has 3 rings (SSSR count). The van der Waals surface area contributed by atoms with Crippen molar-refractivity contribution in [3.05, 3.63) is 58.4 Å². The van der Waals surface area contributed by atoms with Crippen LogP contribution >= 0.6 is 0 Å². The molecule has 1 aromatic heterocycles. The number of fused-ring (bicyclic) bond motifs is 1. The van der Waals surface area contributed by atoms with Crippen LogP contribution in [0.2, 0.25) is 0 Å². The maximum absolute atomic E-state index is 13.4. The molecule has 0 radical (unpaired) electrons. The van der Waals surface area contributed by atoms with Gasteiger partial charge in [0.05, 0.1) is 31.8 Å². The summed E-state index contributed by atoms with van der Waals surface area (Å²) in [5, 5.41) is 0.229. The Labute approximate surface area is 178 Å². The average molecular weight is 426 g/mol. The highest BCUT2D eigenvalue weighted by atomic mass is 16.6. The first-order valence-electron chi connectivity index (χ1n) is 9.57. The third kappa shape index (κ3) is 4.37. The Balaban J connectivity index is 2.22. The zero-order valence-corrected chi connectivity index (χ0v) is 17.6. The molecule has 0 fully saturated rings. The largest absolute Gasteiger partial charge is 0.496 e. The van der Waals surface area contributed by atoms with Crippen molar-refractivity contribution in [2.75, 3.05) is 20.8 Å². The van der Waals surface area contributed by atoms with Gasteiger partial charge in [0, 0.05) is 11.6 Å². The van der Waals surface area contributed by atoms with Crippen molar-refractivity contribution in [1.82, 2.24) is 0 Å². The average Bonchev–Trinajstić information content (AvgIpc) is 2.78. The minimum Gasteiger partial charge on any atom is -0.496 e. The van der Waals surface area contributed by atoms with Crippen molar-refractivity contribution in [1.29, 1.82) is 0 Å². The van der Waals surface area contributed by atoms with Crippen LogP contribution in [0, 0.1) is 0 Å².